The molecule has 0 fully saturated rings. The van der Waals surface area contributed by atoms with Gasteiger partial charge in [-0.3, -0.25) is 0 Å². The molecule has 266 valence electrons. The molecule has 1 aliphatic carbocycles. The summed E-state index contributed by atoms with van der Waals surface area (Å²) in [5.41, 5.74) is 16.8. The molecule has 0 radical (unpaired) electrons. The van der Waals surface area contributed by atoms with Gasteiger partial charge < -0.3 is 9.13 Å². The van der Waals surface area contributed by atoms with E-state index in [1.165, 1.54) is 88.1 Å². The van der Waals surface area contributed by atoms with Crippen LogP contribution in [0.4, 0.5) is 0 Å². The van der Waals surface area contributed by atoms with Gasteiger partial charge in [0.05, 0.1) is 33.2 Å². The number of hydrogen-bond acceptors (Lipinski definition) is 0. The van der Waals surface area contributed by atoms with E-state index in [1.807, 2.05) is 0 Å². The Morgan fingerprint density at radius 2 is 0.789 bits per heavy atom. The smallest absolute Gasteiger partial charge is 0.0713 e. The molecule has 2 nitrogen and oxygen atoms in total. The Bertz CT molecular complexity index is 3260. The Labute approximate surface area is 331 Å². The normalized spacial score (nSPS) is 13.1. The van der Waals surface area contributed by atoms with Crippen molar-refractivity contribution in [2.45, 2.75) is 5.41 Å². The van der Waals surface area contributed by atoms with Gasteiger partial charge in [-0.15, -0.1) is 0 Å². The molecule has 0 spiro atoms. The minimum absolute atomic E-state index is 0.463. The van der Waals surface area contributed by atoms with Crippen molar-refractivity contribution < 1.29 is 0 Å². The number of para-hydroxylation sites is 4. The molecule has 0 amide bonds. The van der Waals surface area contributed by atoms with Crippen LogP contribution in [0, 0.1) is 0 Å². The van der Waals surface area contributed by atoms with E-state index in [9.17, 15) is 0 Å². The number of benzene rings is 9. The Hall–Kier alpha value is -7.42. The first-order chi connectivity index (χ1) is 28.3. The van der Waals surface area contributed by atoms with E-state index in [4.69, 9.17) is 0 Å². The van der Waals surface area contributed by atoms with Crippen LogP contribution in [-0.4, -0.2) is 9.13 Å². The lowest BCUT2D eigenvalue weighted by atomic mass is 9.67. The van der Waals surface area contributed by atoms with Crippen LogP contribution in [0.5, 0.6) is 0 Å². The lowest BCUT2D eigenvalue weighted by Gasteiger charge is -2.34. The highest BCUT2D eigenvalue weighted by Crippen LogP contribution is 2.56. The maximum atomic E-state index is 2.47. The van der Waals surface area contributed by atoms with Crippen LogP contribution >= 0.6 is 0 Å². The lowest BCUT2D eigenvalue weighted by Crippen LogP contribution is -2.28. The molecule has 0 saturated carbocycles. The molecule has 9 aromatic carbocycles. The third-order valence-electron chi connectivity index (χ3n) is 12.4. The van der Waals surface area contributed by atoms with E-state index in [1.54, 1.807) is 0 Å². The largest absolute Gasteiger partial charge is 0.309 e. The lowest BCUT2D eigenvalue weighted by molar-refractivity contribution is 0.769. The third-order valence-corrected chi connectivity index (χ3v) is 12.4. The summed E-state index contributed by atoms with van der Waals surface area (Å²) in [5.74, 6) is 0. The summed E-state index contributed by atoms with van der Waals surface area (Å²) in [6.07, 6.45) is 0. The summed E-state index contributed by atoms with van der Waals surface area (Å²) in [6.45, 7) is 0. The molecule has 12 rings (SSSR count). The Morgan fingerprint density at radius 3 is 1.46 bits per heavy atom. The Balaban J connectivity index is 1.08. The molecule has 2 heterocycles. The quantitative estimate of drug-likeness (QED) is 0.167. The molecule has 0 saturated heterocycles. The molecule has 11 aromatic rings. The SMILES string of the molecule is c1ccc(C2(c3cccc(-c4ccccc4-n4c5ccccc5c5cc(-n6c7ccccc7c7ccccc76)ccc54)c3)c3ccccc3-c3ccccc32)cc1. The van der Waals surface area contributed by atoms with E-state index in [0.717, 1.165) is 11.4 Å². The summed E-state index contributed by atoms with van der Waals surface area (Å²) in [7, 11) is 0. The van der Waals surface area contributed by atoms with Gasteiger partial charge in [0.15, 0.2) is 0 Å². The highest BCUT2D eigenvalue weighted by Gasteiger charge is 2.45. The zero-order chi connectivity index (χ0) is 37.5. The second-order valence-corrected chi connectivity index (χ2v) is 15.2. The van der Waals surface area contributed by atoms with Gasteiger partial charge in [-0.05, 0) is 87.5 Å². The molecule has 1 aliphatic rings. The van der Waals surface area contributed by atoms with Gasteiger partial charge >= 0.3 is 0 Å². The van der Waals surface area contributed by atoms with Crippen molar-refractivity contribution >= 4 is 43.6 Å². The first-order valence-electron chi connectivity index (χ1n) is 19.8. The van der Waals surface area contributed by atoms with Crippen molar-refractivity contribution in [3.05, 3.63) is 241 Å². The van der Waals surface area contributed by atoms with Gasteiger partial charge in [-0.1, -0.05) is 170 Å². The summed E-state index contributed by atoms with van der Waals surface area (Å²) >= 11 is 0. The van der Waals surface area contributed by atoms with Crippen molar-refractivity contribution in [3.8, 4) is 33.6 Å². The van der Waals surface area contributed by atoms with E-state index < -0.39 is 5.41 Å². The maximum Gasteiger partial charge on any atom is 0.0713 e. The summed E-state index contributed by atoms with van der Waals surface area (Å²) in [5, 5.41) is 5.01. The molecule has 2 heteroatoms. The summed E-state index contributed by atoms with van der Waals surface area (Å²) in [4.78, 5) is 0. The predicted molar refractivity (Wildman–Crippen MR) is 238 cm³/mol. The monoisotopic (exact) mass is 724 g/mol. The van der Waals surface area contributed by atoms with Crippen LogP contribution in [0.15, 0.2) is 218 Å². The van der Waals surface area contributed by atoms with Crippen molar-refractivity contribution in [2.24, 2.45) is 0 Å². The fraction of sp³-hybridized carbons (Fsp3) is 0.0182. The van der Waals surface area contributed by atoms with Gasteiger partial charge in [0.1, 0.15) is 0 Å². The van der Waals surface area contributed by atoms with Gasteiger partial charge in [0, 0.05) is 32.8 Å². The first-order valence-corrected chi connectivity index (χ1v) is 19.8. The molecular formula is C55H36N2. The minimum atomic E-state index is -0.463. The summed E-state index contributed by atoms with van der Waals surface area (Å²) in [6, 6.07) is 80.5. The minimum Gasteiger partial charge on any atom is -0.309 e. The molecular weight excluding hydrogens is 689 g/mol. The molecule has 0 aliphatic heterocycles. The molecule has 2 aromatic heterocycles. The van der Waals surface area contributed by atoms with Gasteiger partial charge in [-0.25, -0.2) is 0 Å². The standard InChI is InChI=1S/C55H36N2/c1-2-18-38(19-3-1)55(48-27-10-4-22-42(48)43-23-5-11-28-49(43)55)39-20-16-17-37(35-39)41-21-6-12-29-50(41)57-53-32-15-9-26-46(53)47-36-40(33-34-54(47)57)56-51-30-13-7-24-44(51)45-25-8-14-31-52(45)56/h1-36H. The maximum absolute atomic E-state index is 2.47. The first kappa shape index (κ1) is 31.9. The molecule has 57 heavy (non-hydrogen) atoms. The highest BCUT2D eigenvalue weighted by atomic mass is 15.0. The number of fused-ring (bicyclic) bond motifs is 9. The van der Waals surface area contributed by atoms with Gasteiger partial charge in [-0.2, -0.15) is 0 Å². The zero-order valence-electron chi connectivity index (χ0n) is 31.2. The molecule has 0 unspecified atom stereocenters. The van der Waals surface area contributed by atoms with E-state index in [2.05, 4.69) is 228 Å². The number of aromatic nitrogens is 2. The van der Waals surface area contributed by atoms with Crippen LogP contribution < -0.4 is 0 Å². The molecule has 0 bridgehead atoms. The number of hydrogen-bond donors (Lipinski definition) is 0. The molecule has 0 atom stereocenters. The van der Waals surface area contributed by atoms with Crippen molar-refractivity contribution in [2.75, 3.05) is 0 Å². The highest BCUT2D eigenvalue weighted by molar-refractivity contribution is 6.12. The van der Waals surface area contributed by atoms with E-state index in [0.29, 0.717) is 0 Å². The van der Waals surface area contributed by atoms with Crippen LogP contribution in [0.1, 0.15) is 22.3 Å². The van der Waals surface area contributed by atoms with Crippen molar-refractivity contribution in [1.82, 2.24) is 9.13 Å². The zero-order valence-corrected chi connectivity index (χ0v) is 31.2. The van der Waals surface area contributed by atoms with Crippen molar-refractivity contribution in [3.63, 3.8) is 0 Å². The average molecular weight is 725 g/mol. The van der Waals surface area contributed by atoms with Crippen LogP contribution in [0.3, 0.4) is 0 Å². The second kappa shape index (κ2) is 12.3. The van der Waals surface area contributed by atoms with Crippen LogP contribution in [0.2, 0.25) is 0 Å². The fourth-order valence-corrected chi connectivity index (χ4v) is 10.1. The number of nitrogens with zero attached hydrogens (tertiary/aromatic N) is 2. The third kappa shape index (κ3) is 4.47. The van der Waals surface area contributed by atoms with Crippen LogP contribution in [-0.2, 0) is 5.41 Å². The second-order valence-electron chi connectivity index (χ2n) is 15.2. The van der Waals surface area contributed by atoms with Crippen LogP contribution in [0.25, 0.3) is 77.2 Å². The van der Waals surface area contributed by atoms with Crippen molar-refractivity contribution in [1.29, 1.82) is 0 Å². The average Bonchev–Trinajstić information content (AvgIpc) is 3.91. The van der Waals surface area contributed by atoms with Gasteiger partial charge in [0.25, 0.3) is 0 Å². The molecule has 0 N–H and O–H groups in total. The topological polar surface area (TPSA) is 9.86 Å². The fourth-order valence-electron chi connectivity index (χ4n) is 10.1. The van der Waals surface area contributed by atoms with E-state index in [-0.39, 0.29) is 0 Å². The number of rotatable bonds is 5. The van der Waals surface area contributed by atoms with E-state index >= 15 is 0 Å². The Kier molecular flexibility index (Phi) is 6.88. The Morgan fingerprint density at radius 1 is 0.298 bits per heavy atom. The predicted octanol–water partition coefficient (Wildman–Crippen LogP) is 13.9. The van der Waals surface area contributed by atoms with Gasteiger partial charge in [0.2, 0.25) is 0 Å². The summed E-state index contributed by atoms with van der Waals surface area (Å²) < 4.78 is 4.88.